The number of aryl methyl sites for hydroxylation is 2. The second-order valence-electron chi connectivity index (χ2n) is 4.31. The van der Waals surface area contributed by atoms with Crippen molar-refractivity contribution in [3.8, 4) is 0 Å². The molecule has 2 aromatic rings. The Morgan fingerprint density at radius 2 is 2.10 bits per heavy atom. The van der Waals surface area contributed by atoms with Crippen LogP contribution in [0.15, 0.2) is 5.38 Å². The number of nitrogens with two attached hydrogens (primary N) is 1. The SMILES string of the molecule is Cc1nc(CN(C)c2nc(N)nc(C)c2[N+](=O)[O-])cs1. The van der Waals surface area contributed by atoms with Crippen LogP contribution in [0.1, 0.15) is 16.4 Å². The van der Waals surface area contributed by atoms with E-state index in [4.69, 9.17) is 5.73 Å². The molecule has 106 valence electrons. The van der Waals surface area contributed by atoms with E-state index in [9.17, 15) is 10.1 Å². The Kier molecular flexibility index (Phi) is 3.79. The summed E-state index contributed by atoms with van der Waals surface area (Å²) in [6.07, 6.45) is 0. The Bertz CT molecular complexity index is 656. The predicted octanol–water partition coefficient (Wildman–Crippen LogP) is 1.68. The lowest BCUT2D eigenvalue weighted by molar-refractivity contribution is -0.385. The molecular weight excluding hydrogens is 280 g/mol. The zero-order valence-electron chi connectivity index (χ0n) is 11.3. The van der Waals surface area contributed by atoms with Crippen molar-refractivity contribution in [3.63, 3.8) is 0 Å². The molecule has 20 heavy (non-hydrogen) atoms. The molecule has 0 aliphatic carbocycles. The van der Waals surface area contributed by atoms with E-state index in [1.807, 2.05) is 12.3 Å². The van der Waals surface area contributed by atoms with Gasteiger partial charge in [0.2, 0.25) is 11.8 Å². The summed E-state index contributed by atoms with van der Waals surface area (Å²) >= 11 is 1.53. The van der Waals surface area contributed by atoms with Crippen molar-refractivity contribution < 1.29 is 4.92 Å². The summed E-state index contributed by atoms with van der Waals surface area (Å²) in [7, 11) is 1.71. The Balaban J connectivity index is 2.38. The minimum atomic E-state index is -0.493. The molecule has 0 bridgehead atoms. The molecule has 2 N–H and O–H groups in total. The Morgan fingerprint density at radius 3 is 2.65 bits per heavy atom. The van der Waals surface area contributed by atoms with Gasteiger partial charge in [-0.3, -0.25) is 10.1 Å². The normalized spacial score (nSPS) is 10.6. The number of hydrogen-bond acceptors (Lipinski definition) is 8. The first kappa shape index (κ1) is 14.1. The molecule has 0 aliphatic rings. The molecule has 0 atom stereocenters. The van der Waals surface area contributed by atoms with E-state index < -0.39 is 4.92 Å². The monoisotopic (exact) mass is 294 g/mol. The topological polar surface area (TPSA) is 111 Å². The highest BCUT2D eigenvalue weighted by atomic mass is 32.1. The molecule has 9 heteroatoms. The number of anilines is 2. The highest BCUT2D eigenvalue weighted by molar-refractivity contribution is 7.09. The zero-order valence-corrected chi connectivity index (χ0v) is 12.1. The van der Waals surface area contributed by atoms with E-state index >= 15 is 0 Å². The maximum Gasteiger partial charge on any atom is 0.332 e. The fourth-order valence-electron chi connectivity index (χ4n) is 1.85. The van der Waals surface area contributed by atoms with Crippen LogP contribution < -0.4 is 10.6 Å². The fraction of sp³-hybridized carbons (Fsp3) is 0.364. The molecule has 0 amide bonds. The van der Waals surface area contributed by atoms with Crippen LogP contribution in [0.5, 0.6) is 0 Å². The molecule has 0 saturated heterocycles. The summed E-state index contributed by atoms with van der Waals surface area (Å²) < 4.78 is 0. The van der Waals surface area contributed by atoms with Gasteiger partial charge in [-0.15, -0.1) is 11.3 Å². The standard InChI is InChI=1S/C11H14N6O2S/c1-6-9(17(18)19)10(15-11(12)13-6)16(3)4-8-5-20-7(2)14-8/h5H,4H2,1-3H3,(H2,12,13,15). The molecule has 2 aromatic heterocycles. The van der Waals surface area contributed by atoms with Gasteiger partial charge in [0.15, 0.2) is 0 Å². The van der Waals surface area contributed by atoms with Crippen molar-refractivity contribution in [2.75, 3.05) is 17.7 Å². The van der Waals surface area contributed by atoms with Gasteiger partial charge in [0.25, 0.3) is 0 Å². The predicted molar refractivity (Wildman–Crippen MR) is 76.8 cm³/mol. The second-order valence-corrected chi connectivity index (χ2v) is 5.37. The highest BCUT2D eigenvalue weighted by Gasteiger charge is 2.24. The van der Waals surface area contributed by atoms with Gasteiger partial charge in [0.05, 0.1) is 22.2 Å². The van der Waals surface area contributed by atoms with E-state index in [1.54, 1.807) is 18.9 Å². The first-order valence-electron chi connectivity index (χ1n) is 5.79. The van der Waals surface area contributed by atoms with Gasteiger partial charge in [0.1, 0.15) is 5.69 Å². The second kappa shape index (κ2) is 5.37. The van der Waals surface area contributed by atoms with Crippen molar-refractivity contribution in [2.45, 2.75) is 20.4 Å². The molecule has 0 saturated carbocycles. The summed E-state index contributed by atoms with van der Waals surface area (Å²) in [5, 5.41) is 14.0. The third-order valence-corrected chi connectivity index (χ3v) is 3.49. The quantitative estimate of drug-likeness (QED) is 0.674. The summed E-state index contributed by atoms with van der Waals surface area (Å²) in [4.78, 5) is 24.5. The molecule has 0 aromatic carbocycles. The number of nitrogens with zero attached hydrogens (tertiary/aromatic N) is 5. The third-order valence-electron chi connectivity index (χ3n) is 2.67. The Hall–Kier alpha value is -2.29. The molecule has 0 aliphatic heterocycles. The molecule has 2 rings (SSSR count). The van der Waals surface area contributed by atoms with E-state index in [2.05, 4.69) is 15.0 Å². The number of rotatable bonds is 4. The van der Waals surface area contributed by atoms with Gasteiger partial charge in [-0.05, 0) is 13.8 Å². The van der Waals surface area contributed by atoms with Crippen LogP contribution in [-0.4, -0.2) is 26.9 Å². The lowest BCUT2D eigenvalue weighted by Gasteiger charge is -2.17. The van der Waals surface area contributed by atoms with Crippen LogP contribution in [-0.2, 0) is 6.54 Å². The van der Waals surface area contributed by atoms with Crippen molar-refractivity contribution in [3.05, 3.63) is 31.9 Å². The van der Waals surface area contributed by atoms with E-state index in [0.29, 0.717) is 6.54 Å². The average molecular weight is 294 g/mol. The lowest BCUT2D eigenvalue weighted by atomic mass is 10.3. The molecule has 0 radical (unpaired) electrons. The van der Waals surface area contributed by atoms with E-state index in [0.717, 1.165) is 10.7 Å². The van der Waals surface area contributed by atoms with Crippen LogP contribution in [0.25, 0.3) is 0 Å². The number of nitro groups is 1. The van der Waals surface area contributed by atoms with Crippen molar-refractivity contribution in [2.24, 2.45) is 0 Å². The van der Waals surface area contributed by atoms with Gasteiger partial charge >= 0.3 is 5.69 Å². The number of thiazole rings is 1. The van der Waals surface area contributed by atoms with Crippen molar-refractivity contribution in [1.29, 1.82) is 0 Å². The van der Waals surface area contributed by atoms with Crippen LogP contribution >= 0.6 is 11.3 Å². The minimum absolute atomic E-state index is 0.0180. The molecule has 0 spiro atoms. The smallest absolute Gasteiger partial charge is 0.332 e. The summed E-state index contributed by atoms with van der Waals surface area (Å²) in [6, 6.07) is 0. The lowest BCUT2D eigenvalue weighted by Crippen LogP contribution is -2.21. The molecular formula is C11H14N6O2S. The maximum atomic E-state index is 11.2. The van der Waals surface area contributed by atoms with Crippen LogP contribution in [0.4, 0.5) is 17.5 Å². The highest BCUT2D eigenvalue weighted by Crippen LogP contribution is 2.29. The number of aromatic nitrogens is 3. The van der Waals surface area contributed by atoms with Gasteiger partial charge in [0, 0.05) is 12.4 Å². The van der Waals surface area contributed by atoms with Gasteiger partial charge in [-0.2, -0.15) is 4.98 Å². The first-order valence-corrected chi connectivity index (χ1v) is 6.67. The van der Waals surface area contributed by atoms with E-state index in [-0.39, 0.29) is 23.1 Å². The van der Waals surface area contributed by atoms with Crippen molar-refractivity contribution >= 4 is 28.8 Å². The fourth-order valence-corrected chi connectivity index (χ4v) is 2.46. The Labute approximate surface area is 119 Å². The zero-order chi connectivity index (χ0) is 14.9. The third kappa shape index (κ3) is 2.82. The molecule has 0 unspecified atom stereocenters. The first-order chi connectivity index (χ1) is 9.38. The van der Waals surface area contributed by atoms with Gasteiger partial charge in [-0.1, -0.05) is 0 Å². The molecule has 0 fully saturated rings. The average Bonchev–Trinajstić information content (AvgIpc) is 2.72. The van der Waals surface area contributed by atoms with Crippen LogP contribution in [0.3, 0.4) is 0 Å². The van der Waals surface area contributed by atoms with Crippen LogP contribution in [0, 0.1) is 24.0 Å². The van der Waals surface area contributed by atoms with Gasteiger partial charge < -0.3 is 10.6 Å². The number of hydrogen-bond donors (Lipinski definition) is 1. The van der Waals surface area contributed by atoms with E-state index in [1.165, 1.54) is 11.3 Å². The largest absolute Gasteiger partial charge is 0.368 e. The van der Waals surface area contributed by atoms with Crippen LogP contribution in [0.2, 0.25) is 0 Å². The summed E-state index contributed by atoms with van der Waals surface area (Å²) in [6.45, 7) is 3.87. The minimum Gasteiger partial charge on any atom is -0.368 e. The summed E-state index contributed by atoms with van der Waals surface area (Å²) in [5.74, 6) is 0.218. The van der Waals surface area contributed by atoms with Gasteiger partial charge in [-0.25, -0.2) is 9.97 Å². The molecule has 8 nitrogen and oxygen atoms in total. The number of nitrogen functional groups attached to an aromatic ring is 1. The Morgan fingerprint density at radius 1 is 1.40 bits per heavy atom. The van der Waals surface area contributed by atoms with Crippen molar-refractivity contribution in [1.82, 2.24) is 15.0 Å². The molecule has 2 heterocycles. The summed E-state index contributed by atoms with van der Waals surface area (Å²) in [5.41, 5.74) is 6.53. The maximum absolute atomic E-state index is 11.2.